The normalized spacial score (nSPS) is 20.1. The van der Waals surface area contributed by atoms with Gasteiger partial charge in [-0.05, 0) is 24.7 Å². The zero-order valence-corrected chi connectivity index (χ0v) is 16.8. The Kier molecular flexibility index (Phi) is 4.04. The van der Waals surface area contributed by atoms with Crippen LogP contribution in [0.1, 0.15) is 65.1 Å². The Morgan fingerprint density at radius 3 is 2.69 bits per heavy atom. The molecule has 0 saturated carbocycles. The van der Waals surface area contributed by atoms with Crippen molar-refractivity contribution in [2.75, 3.05) is 17.2 Å². The van der Waals surface area contributed by atoms with Gasteiger partial charge in [0.1, 0.15) is 11.6 Å². The molecule has 2 N–H and O–H groups in total. The fraction of sp³-hybridized carbons (Fsp3) is 0.700. The second-order valence-electron chi connectivity index (χ2n) is 9.52. The number of anilines is 2. The Balaban J connectivity index is 1.52. The van der Waals surface area contributed by atoms with Gasteiger partial charge in [0.25, 0.3) is 0 Å². The van der Waals surface area contributed by atoms with Gasteiger partial charge in [0.2, 0.25) is 0 Å². The van der Waals surface area contributed by atoms with Crippen LogP contribution in [0, 0.1) is 0 Å². The molecule has 6 nitrogen and oxygen atoms in total. The predicted molar refractivity (Wildman–Crippen MR) is 106 cm³/mol. The first-order valence-corrected chi connectivity index (χ1v) is 9.89. The summed E-state index contributed by atoms with van der Waals surface area (Å²) in [4.78, 5) is 0. The number of nitrogens with zero attached hydrogens (tertiary/aromatic N) is 4. The summed E-state index contributed by atoms with van der Waals surface area (Å²) in [6.07, 6.45) is 5.36. The van der Waals surface area contributed by atoms with Crippen LogP contribution in [0.5, 0.6) is 0 Å². The SMILES string of the molecule is CC(C)(C)c1cnn2c1NC(CC(C)(C)c1cc3n(n1)CCCN3)CC2. The van der Waals surface area contributed by atoms with Crippen LogP contribution < -0.4 is 10.6 Å². The minimum absolute atomic E-state index is 0.0355. The molecule has 0 aliphatic carbocycles. The lowest BCUT2D eigenvalue weighted by Gasteiger charge is -2.34. The van der Waals surface area contributed by atoms with E-state index in [2.05, 4.69) is 65.8 Å². The molecule has 0 radical (unpaired) electrons. The molecule has 0 bridgehead atoms. The van der Waals surface area contributed by atoms with Crippen molar-refractivity contribution in [2.45, 2.75) is 83.8 Å². The quantitative estimate of drug-likeness (QED) is 0.879. The van der Waals surface area contributed by atoms with E-state index in [-0.39, 0.29) is 10.8 Å². The molecule has 4 heterocycles. The van der Waals surface area contributed by atoms with E-state index in [1.54, 1.807) is 0 Å². The molecule has 4 rings (SSSR count). The minimum atomic E-state index is 0.0355. The molecule has 26 heavy (non-hydrogen) atoms. The lowest BCUT2D eigenvalue weighted by molar-refractivity contribution is 0.376. The molecule has 1 atom stereocenters. The largest absolute Gasteiger partial charge is 0.370 e. The number of aryl methyl sites for hydroxylation is 2. The summed E-state index contributed by atoms with van der Waals surface area (Å²) < 4.78 is 4.25. The Hall–Kier alpha value is -1.98. The van der Waals surface area contributed by atoms with Crippen LogP contribution in [0.15, 0.2) is 12.3 Å². The Labute approximate surface area is 156 Å². The van der Waals surface area contributed by atoms with E-state index < -0.39 is 0 Å². The summed E-state index contributed by atoms with van der Waals surface area (Å²) in [5.41, 5.74) is 2.64. The van der Waals surface area contributed by atoms with Crippen LogP contribution in [-0.4, -0.2) is 32.1 Å². The van der Waals surface area contributed by atoms with Crippen LogP contribution in [0.3, 0.4) is 0 Å². The maximum Gasteiger partial charge on any atom is 0.128 e. The van der Waals surface area contributed by atoms with Crippen molar-refractivity contribution in [3.63, 3.8) is 0 Å². The average molecular weight is 357 g/mol. The Morgan fingerprint density at radius 2 is 1.96 bits per heavy atom. The summed E-state index contributed by atoms with van der Waals surface area (Å²) in [6.45, 7) is 14.5. The van der Waals surface area contributed by atoms with Crippen molar-refractivity contribution < 1.29 is 0 Å². The van der Waals surface area contributed by atoms with Crippen molar-refractivity contribution in [1.82, 2.24) is 19.6 Å². The van der Waals surface area contributed by atoms with Gasteiger partial charge in [-0.3, -0.25) is 0 Å². The lowest BCUT2D eigenvalue weighted by atomic mass is 9.81. The second kappa shape index (κ2) is 6.03. The predicted octanol–water partition coefficient (Wildman–Crippen LogP) is 3.74. The fourth-order valence-corrected chi connectivity index (χ4v) is 4.18. The van der Waals surface area contributed by atoms with Gasteiger partial charge in [-0.2, -0.15) is 10.2 Å². The molecule has 0 saturated heterocycles. The zero-order valence-electron chi connectivity index (χ0n) is 16.8. The maximum atomic E-state index is 4.89. The molecule has 142 valence electrons. The van der Waals surface area contributed by atoms with Crippen molar-refractivity contribution in [2.24, 2.45) is 0 Å². The summed E-state index contributed by atoms with van der Waals surface area (Å²) in [5.74, 6) is 2.37. The summed E-state index contributed by atoms with van der Waals surface area (Å²) in [7, 11) is 0. The molecule has 6 heteroatoms. The summed E-state index contributed by atoms with van der Waals surface area (Å²) in [5, 5.41) is 16.7. The average Bonchev–Trinajstić information content (AvgIpc) is 3.18. The van der Waals surface area contributed by atoms with Gasteiger partial charge in [-0.1, -0.05) is 34.6 Å². The number of fused-ring (bicyclic) bond motifs is 2. The van der Waals surface area contributed by atoms with E-state index in [9.17, 15) is 0 Å². The van der Waals surface area contributed by atoms with Gasteiger partial charge in [-0.15, -0.1) is 0 Å². The van der Waals surface area contributed by atoms with E-state index in [1.807, 2.05) is 6.20 Å². The molecule has 2 aliphatic heterocycles. The van der Waals surface area contributed by atoms with E-state index in [4.69, 9.17) is 5.10 Å². The van der Waals surface area contributed by atoms with Crippen LogP contribution in [-0.2, 0) is 23.9 Å². The van der Waals surface area contributed by atoms with E-state index in [1.165, 1.54) is 22.9 Å². The van der Waals surface area contributed by atoms with Crippen molar-refractivity contribution in [3.8, 4) is 0 Å². The molecule has 2 aromatic rings. The molecule has 0 aromatic carbocycles. The van der Waals surface area contributed by atoms with Gasteiger partial charge in [0.15, 0.2) is 0 Å². The zero-order chi connectivity index (χ0) is 18.5. The first kappa shape index (κ1) is 17.4. The summed E-state index contributed by atoms with van der Waals surface area (Å²) >= 11 is 0. The molecule has 1 unspecified atom stereocenters. The third-order valence-electron chi connectivity index (χ3n) is 5.76. The minimum Gasteiger partial charge on any atom is -0.370 e. The van der Waals surface area contributed by atoms with Gasteiger partial charge in [-0.25, -0.2) is 9.36 Å². The van der Waals surface area contributed by atoms with Crippen LogP contribution in [0.2, 0.25) is 0 Å². The number of hydrogen-bond donors (Lipinski definition) is 2. The van der Waals surface area contributed by atoms with Crippen LogP contribution in [0.4, 0.5) is 11.6 Å². The van der Waals surface area contributed by atoms with Crippen molar-refractivity contribution in [3.05, 3.63) is 23.5 Å². The second-order valence-corrected chi connectivity index (χ2v) is 9.52. The molecule has 0 amide bonds. The topological polar surface area (TPSA) is 59.7 Å². The standard InChI is InChI=1S/C20H32N6/c1-19(2,3)15-13-22-26-10-7-14(23-18(15)26)12-20(4,5)16-11-17-21-8-6-9-25(17)24-16/h11,13-14,21,23H,6-10,12H2,1-5H3. The van der Waals surface area contributed by atoms with Crippen molar-refractivity contribution >= 4 is 11.6 Å². The molecule has 2 aromatic heterocycles. The number of nitrogens with one attached hydrogen (secondary N) is 2. The molecule has 2 aliphatic rings. The Bertz CT molecular complexity index is 768. The van der Waals surface area contributed by atoms with Gasteiger partial charge in [0.05, 0.1) is 11.9 Å². The highest BCUT2D eigenvalue weighted by molar-refractivity contribution is 5.50. The van der Waals surface area contributed by atoms with Gasteiger partial charge >= 0.3 is 0 Å². The van der Waals surface area contributed by atoms with E-state index >= 15 is 0 Å². The number of aromatic nitrogens is 4. The van der Waals surface area contributed by atoms with Crippen LogP contribution in [0.25, 0.3) is 0 Å². The van der Waals surface area contributed by atoms with E-state index in [0.29, 0.717) is 6.04 Å². The monoisotopic (exact) mass is 356 g/mol. The molecular formula is C20H32N6. The Morgan fingerprint density at radius 1 is 1.15 bits per heavy atom. The third-order valence-corrected chi connectivity index (χ3v) is 5.76. The highest BCUT2D eigenvalue weighted by atomic mass is 15.4. The lowest BCUT2D eigenvalue weighted by Crippen LogP contribution is -2.36. The van der Waals surface area contributed by atoms with Crippen LogP contribution >= 0.6 is 0 Å². The number of rotatable bonds is 3. The first-order chi connectivity index (χ1) is 12.2. The first-order valence-electron chi connectivity index (χ1n) is 9.89. The number of hydrogen-bond acceptors (Lipinski definition) is 4. The molecule has 0 spiro atoms. The smallest absolute Gasteiger partial charge is 0.128 e. The van der Waals surface area contributed by atoms with Gasteiger partial charge < -0.3 is 10.6 Å². The van der Waals surface area contributed by atoms with E-state index in [0.717, 1.165) is 38.9 Å². The summed E-state index contributed by atoms with van der Waals surface area (Å²) in [6, 6.07) is 2.69. The molecular weight excluding hydrogens is 324 g/mol. The van der Waals surface area contributed by atoms with Crippen molar-refractivity contribution in [1.29, 1.82) is 0 Å². The fourth-order valence-electron chi connectivity index (χ4n) is 4.18. The highest BCUT2D eigenvalue weighted by Gasteiger charge is 2.33. The molecule has 0 fully saturated rings. The third kappa shape index (κ3) is 3.10. The van der Waals surface area contributed by atoms with Gasteiger partial charge in [0, 0.05) is 42.7 Å². The maximum absolute atomic E-state index is 4.89. The highest BCUT2D eigenvalue weighted by Crippen LogP contribution is 2.36.